The third-order valence-electron chi connectivity index (χ3n) is 9.24. The number of aryl methyl sites for hydroxylation is 1. The Balaban J connectivity index is 1.40. The SMILES string of the molecule is Cc1ccc(-c2ccc3c(c2)oc2c(-c4nc5cnncc5n4-c4c(C(C)C)cc(-c5ccccc5)cc4C(C)C)cccc23)cc1. The van der Waals surface area contributed by atoms with Gasteiger partial charge < -0.3 is 4.42 Å². The summed E-state index contributed by atoms with van der Waals surface area (Å²) < 4.78 is 9.05. The van der Waals surface area contributed by atoms with Crippen LogP contribution in [0.5, 0.6) is 0 Å². The molecule has 3 heterocycles. The maximum atomic E-state index is 6.76. The zero-order valence-electron chi connectivity index (χ0n) is 27.3. The highest BCUT2D eigenvalue weighted by molar-refractivity contribution is 6.10. The quantitative estimate of drug-likeness (QED) is 0.187. The Hall–Kier alpha value is -5.55. The monoisotopic (exact) mass is 612 g/mol. The number of furan rings is 1. The van der Waals surface area contributed by atoms with Crippen molar-refractivity contribution in [2.24, 2.45) is 0 Å². The van der Waals surface area contributed by atoms with E-state index in [9.17, 15) is 0 Å². The van der Waals surface area contributed by atoms with Crippen molar-refractivity contribution in [1.29, 1.82) is 0 Å². The number of hydrogen-bond donors (Lipinski definition) is 0. The van der Waals surface area contributed by atoms with Crippen molar-refractivity contribution >= 4 is 33.0 Å². The van der Waals surface area contributed by atoms with Crippen molar-refractivity contribution in [3.63, 3.8) is 0 Å². The lowest BCUT2D eigenvalue weighted by Crippen LogP contribution is -2.09. The zero-order chi connectivity index (χ0) is 32.2. The summed E-state index contributed by atoms with van der Waals surface area (Å²) in [6.07, 6.45) is 3.59. The van der Waals surface area contributed by atoms with Crippen LogP contribution in [0.4, 0.5) is 0 Å². The molecule has 230 valence electrons. The van der Waals surface area contributed by atoms with Crippen LogP contribution in [0.25, 0.3) is 72.3 Å². The van der Waals surface area contributed by atoms with Gasteiger partial charge in [0, 0.05) is 10.8 Å². The first-order valence-corrected chi connectivity index (χ1v) is 16.3. The van der Waals surface area contributed by atoms with Crippen LogP contribution in [0.1, 0.15) is 56.2 Å². The van der Waals surface area contributed by atoms with Crippen LogP contribution < -0.4 is 0 Å². The minimum atomic E-state index is 0.258. The molecule has 47 heavy (non-hydrogen) atoms. The predicted octanol–water partition coefficient (Wildman–Crippen LogP) is 11.3. The highest BCUT2D eigenvalue weighted by Crippen LogP contribution is 2.42. The summed E-state index contributed by atoms with van der Waals surface area (Å²) in [7, 11) is 0. The molecule has 8 aromatic rings. The molecule has 0 aliphatic heterocycles. The fourth-order valence-corrected chi connectivity index (χ4v) is 6.77. The third-order valence-corrected chi connectivity index (χ3v) is 9.24. The minimum absolute atomic E-state index is 0.258. The Morgan fingerprint density at radius 3 is 2.02 bits per heavy atom. The molecule has 0 saturated heterocycles. The van der Waals surface area contributed by atoms with E-state index in [0.717, 1.165) is 55.6 Å². The molecule has 0 radical (unpaired) electrons. The second-order valence-corrected chi connectivity index (χ2v) is 13.1. The number of rotatable bonds is 6. The maximum Gasteiger partial charge on any atom is 0.149 e. The standard InChI is InChI=1S/C42H36N4O/c1-25(2)35-20-31(28-10-7-6-8-11-28)21-36(26(3)4)40(35)46-38-24-44-43-23-37(38)45-42(46)34-13-9-12-33-32-19-18-30(22-39(32)47-41(33)34)29-16-14-27(5)15-17-29/h6-26H,1-5H3. The summed E-state index contributed by atoms with van der Waals surface area (Å²) in [6, 6.07) is 36.8. The number of aromatic nitrogens is 4. The Labute approximate surface area is 274 Å². The smallest absolute Gasteiger partial charge is 0.149 e. The number of nitrogens with zero attached hydrogens (tertiary/aromatic N) is 4. The second-order valence-electron chi connectivity index (χ2n) is 13.1. The van der Waals surface area contributed by atoms with Crippen LogP contribution in [0.15, 0.2) is 120 Å². The lowest BCUT2D eigenvalue weighted by atomic mass is 9.88. The molecule has 5 nitrogen and oxygen atoms in total. The van der Waals surface area contributed by atoms with Crippen LogP contribution >= 0.6 is 0 Å². The Morgan fingerprint density at radius 2 is 1.30 bits per heavy atom. The number of hydrogen-bond acceptors (Lipinski definition) is 4. The van der Waals surface area contributed by atoms with Crippen molar-refractivity contribution in [3.05, 3.63) is 132 Å². The average Bonchev–Trinajstić information content (AvgIpc) is 3.66. The van der Waals surface area contributed by atoms with E-state index in [4.69, 9.17) is 9.40 Å². The molecule has 0 atom stereocenters. The summed E-state index contributed by atoms with van der Waals surface area (Å²) >= 11 is 0. The summed E-state index contributed by atoms with van der Waals surface area (Å²) in [5, 5.41) is 10.7. The Morgan fingerprint density at radius 1 is 0.617 bits per heavy atom. The lowest BCUT2D eigenvalue weighted by molar-refractivity contribution is 0.669. The Bertz CT molecular complexity index is 2390. The van der Waals surface area contributed by atoms with Gasteiger partial charge in [-0.2, -0.15) is 10.2 Å². The van der Waals surface area contributed by atoms with Gasteiger partial charge in [0.25, 0.3) is 0 Å². The molecule has 0 fully saturated rings. The third kappa shape index (κ3) is 4.90. The van der Waals surface area contributed by atoms with Gasteiger partial charge in [0.2, 0.25) is 0 Å². The van der Waals surface area contributed by atoms with Crippen molar-refractivity contribution in [3.8, 4) is 39.3 Å². The lowest BCUT2D eigenvalue weighted by Gasteiger charge is -2.24. The zero-order valence-corrected chi connectivity index (χ0v) is 27.3. The molecule has 8 rings (SSSR count). The Kier molecular flexibility index (Phi) is 6.98. The summed E-state index contributed by atoms with van der Waals surface area (Å²) in [5.74, 6) is 1.33. The molecule has 0 aliphatic rings. The van der Waals surface area contributed by atoms with Crippen LogP contribution in [0.3, 0.4) is 0 Å². The summed E-state index contributed by atoms with van der Waals surface area (Å²) in [4.78, 5) is 5.23. The molecule has 0 unspecified atom stereocenters. The fourth-order valence-electron chi connectivity index (χ4n) is 6.77. The fraction of sp³-hybridized carbons (Fsp3) is 0.167. The van der Waals surface area contributed by atoms with Gasteiger partial charge in [-0.25, -0.2) is 4.98 Å². The van der Waals surface area contributed by atoms with Crippen LogP contribution in [0, 0.1) is 6.92 Å². The molecule has 0 aliphatic carbocycles. The highest BCUT2D eigenvalue weighted by Gasteiger charge is 2.25. The predicted molar refractivity (Wildman–Crippen MR) is 193 cm³/mol. The topological polar surface area (TPSA) is 56.7 Å². The van der Waals surface area contributed by atoms with E-state index < -0.39 is 0 Å². The minimum Gasteiger partial charge on any atom is -0.455 e. The molecule has 0 saturated carbocycles. The van der Waals surface area contributed by atoms with Crippen LogP contribution in [0.2, 0.25) is 0 Å². The molecule has 5 aromatic carbocycles. The van der Waals surface area contributed by atoms with Crippen LogP contribution in [-0.4, -0.2) is 19.7 Å². The molecule has 5 heteroatoms. The van der Waals surface area contributed by atoms with E-state index in [1.54, 1.807) is 6.20 Å². The van der Waals surface area contributed by atoms with Gasteiger partial charge in [0.15, 0.2) is 0 Å². The molecular formula is C42H36N4O. The van der Waals surface area contributed by atoms with E-state index >= 15 is 0 Å². The maximum absolute atomic E-state index is 6.76. The van der Waals surface area contributed by atoms with Gasteiger partial charge in [-0.15, -0.1) is 0 Å². The summed E-state index contributed by atoms with van der Waals surface area (Å²) in [6.45, 7) is 11.2. The molecule has 0 amide bonds. The van der Waals surface area contributed by atoms with Gasteiger partial charge in [-0.1, -0.05) is 106 Å². The van der Waals surface area contributed by atoms with E-state index in [0.29, 0.717) is 0 Å². The van der Waals surface area contributed by atoms with E-state index in [-0.39, 0.29) is 11.8 Å². The molecule has 3 aromatic heterocycles. The number of para-hydroxylation sites is 1. The number of imidazole rings is 1. The van der Waals surface area contributed by atoms with Gasteiger partial charge in [-0.3, -0.25) is 4.57 Å². The van der Waals surface area contributed by atoms with Crippen molar-refractivity contribution in [1.82, 2.24) is 19.7 Å². The molecule has 0 N–H and O–H groups in total. The second kappa shape index (κ2) is 11.4. The normalized spacial score (nSPS) is 11.9. The van der Waals surface area contributed by atoms with Gasteiger partial charge >= 0.3 is 0 Å². The van der Waals surface area contributed by atoms with Crippen LogP contribution in [-0.2, 0) is 0 Å². The first-order valence-electron chi connectivity index (χ1n) is 16.3. The molecular weight excluding hydrogens is 576 g/mol. The van der Waals surface area contributed by atoms with Crippen molar-refractivity contribution in [2.45, 2.75) is 46.5 Å². The van der Waals surface area contributed by atoms with Crippen molar-refractivity contribution < 1.29 is 4.42 Å². The first kappa shape index (κ1) is 28.9. The summed E-state index contributed by atoms with van der Waals surface area (Å²) in [5.41, 5.74) is 13.9. The van der Waals surface area contributed by atoms with E-state index in [1.807, 2.05) is 6.20 Å². The largest absolute Gasteiger partial charge is 0.455 e. The van der Waals surface area contributed by atoms with Gasteiger partial charge in [0.05, 0.1) is 29.2 Å². The van der Waals surface area contributed by atoms with Gasteiger partial charge in [-0.05, 0) is 82.5 Å². The highest BCUT2D eigenvalue weighted by atomic mass is 16.3. The first-order chi connectivity index (χ1) is 22.9. The van der Waals surface area contributed by atoms with Crippen molar-refractivity contribution in [2.75, 3.05) is 0 Å². The number of fused-ring (bicyclic) bond motifs is 4. The number of benzene rings is 5. The van der Waals surface area contributed by atoms with Gasteiger partial charge in [0.1, 0.15) is 22.5 Å². The average molecular weight is 613 g/mol. The molecule has 0 bridgehead atoms. The molecule has 0 spiro atoms. The van der Waals surface area contributed by atoms with E-state index in [2.05, 4.69) is 153 Å². The van der Waals surface area contributed by atoms with E-state index in [1.165, 1.54) is 33.4 Å².